The third-order valence-corrected chi connectivity index (χ3v) is 4.76. The van der Waals surface area contributed by atoms with E-state index in [0.717, 1.165) is 11.4 Å². The largest absolute Gasteiger partial charge is 0.391 e. The molecule has 3 atom stereocenters. The first kappa shape index (κ1) is 20.3. The number of hydrogen-bond donors (Lipinski definition) is 2. The fourth-order valence-corrected chi connectivity index (χ4v) is 3.43. The maximum absolute atomic E-state index is 9.69. The Morgan fingerprint density at radius 1 is 1.07 bits per heavy atom. The van der Waals surface area contributed by atoms with E-state index < -0.39 is 6.10 Å². The summed E-state index contributed by atoms with van der Waals surface area (Å²) in [5.41, 5.74) is 1.14. The molecule has 3 unspecified atom stereocenters. The van der Waals surface area contributed by atoms with Crippen LogP contribution >= 0.6 is 0 Å². The number of nitrogens with zero attached hydrogens (tertiary/aromatic N) is 6. The van der Waals surface area contributed by atoms with Gasteiger partial charge in [0.05, 0.1) is 19.2 Å². The van der Waals surface area contributed by atoms with Crippen LogP contribution in [-0.2, 0) is 6.54 Å². The van der Waals surface area contributed by atoms with Gasteiger partial charge in [0.25, 0.3) is 0 Å². The molecule has 2 aliphatic heterocycles. The van der Waals surface area contributed by atoms with Gasteiger partial charge < -0.3 is 15.3 Å². The van der Waals surface area contributed by atoms with Crippen LogP contribution in [0.5, 0.6) is 0 Å². The summed E-state index contributed by atoms with van der Waals surface area (Å²) in [5, 5.41) is 24.1. The molecular weight excluding hydrogens is 354 g/mol. The maximum Gasteiger partial charge on any atom is 0.201 e. The van der Waals surface area contributed by atoms with Crippen LogP contribution < -0.4 is 5.32 Å². The molecule has 8 heteroatoms. The van der Waals surface area contributed by atoms with E-state index in [2.05, 4.69) is 65.4 Å². The third kappa shape index (κ3) is 4.32. The highest BCUT2D eigenvalue weighted by molar-refractivity contribution is 6.05. The summed E-state index contributed by atoms with van der Waals surface area (Å²) in [6, 6.07) is 10.5. The lowest BCUT2D eigenvalue weighted by Gasteiger charge is -2.43. The van der Waals surface area contributed by atoms with Gasteiger partial charge in [-0.05, 0) is 40.2 Å². The Morgan fingerprint density at radius 3 is 2.39 bits per heavy atom. The summed E-state index contributed by atoms with van der Waals surface area (Å²) < 4.78 is 0. The van der Waals surface area contributed by atoms with Gasteiger partial charge in [-0.1, -0.05) is 35.6 Å². The van der Waals surface area contributed by atoms with Crippen molar-refractivity contribution in [2.24, 2.45) is 20.3 Å². The van der Waals surface area contributed by atoms with Crippen molar-refractivity contribution in [3.8, 4) is 0 Å². The SMILES string of the molecule is CC(O)CN=C1NC(=NCc2ccccc2)C2C(N=NN2C(C)C)N1C(C)C. The molecule has 152 valence electrons. The van der Waals surface area contributed by atoms with Crippen LogP contribution in [0, 0.1) is 0 Å². The number of nitrogens with one attached hydrogen (secondary N) is 1. The molecule has 0 saturated carbocycles. The zero-order valence-corrected chi connectivity index (χ0v) is 17.3. The van der Waals surface area contributed by atoms with Crippen LogP contribution in [0.2, 0.25) is 0 Å². The van der Waals surface area contributed by atoms with Gasteiger partial charge >= 0.3 is 0 Å². The quantitative estimate of drug-likeness (QED) is 0.787. The zero-order valence-electron chi connectivity index (χ0n) is 17.3. The molecule has 3 rings (SSSR count). The van der Waals surface area contributed by atoms with Gasteiger partial charge in [0.1, 0.15) is 11.9 Å². The Kier molecular flexibility index (Phi) is 6.28. The van der Waals surface area contributed by atoms with E-state index in [4.69, 9.17) is 4.99 Å². The average molecular weight is 386 g/mol. The number of hydrogen-bond acceptors (Lipinski definition) is 6. The topological polar surface area (TPSA) is 88.2 Å². The fourth-order valence-electron chi connectivity index (χ4n) is 3.43. The lowest BCUT2D eigenvalue weighted by molar-refractivity contribution is 0.155. The van der Waals surface area contributed by atoms with Crippen LogP contribution in [0.3, 0.4) is 0 Å². The highest BCUT2D eigenvalue weighted by atomic mass is 16.3. The van der Waals surface area contributed by atoms with Crippen molar-refractivity contribution in [3.63, 3.8) is 0 Å². The summed E-state index contributed by atoms with van der Waals surface area (Å²) in [5.74, 6) is 1.50. The second-order valence-electron chi connectivity index (χ2n) is 7.86. The Morgan fingerprint density at radius 2 is 1.79 bits per heavy atom. The molecule has 2 aliphatic rings. The maximum atomic E-state index is 9.69. The normalized spacial score (nSPS) is 25.7. The Hall–Kier alpha value is -2.48. The molecule has 0 aliphatic carbocycles. The van der Waals surface area contributed by atoms with E-state index in [1.54, 1.807) is 6.92 Å². The van der Waals surface area contributed by atoms with Gasteiger partial charge in [-0.15, -0.1) is 5.11 Å². The highest BCUT2D eigenvalue weighted by Crippen LogP contribution is 2.29. The highest BCUT2D eigenvalue weighted by Gasteiger charge is 2.47. The second kappa shape index (κ2) is 8.68. The molecule has 1 saturated heterocycles. The van der Waals surface area contributed by atoms with Gasteiger partial charge in [-0.25, -0.2) is 0 Å². The predicted octanol–water partition coefficient (Wildman–Crippen LogP) is 2.42. The van der Waals surface area contributed by atoms with Crippen LogP contribution in [-0.4, -0.2) is 63.8 Å². The summed E-state index contributed by atoms with van der Waals surface area (Å²) in [6.45, 7) is 11.0. The van der Waals surface area contributed by atoms with Gasteiger partial charge in [0.2, 0.25) is 5.96 Å². The van der Waals surface area contributed by atoms with E-state index in [1.807, 2.05) is 23.2 Å². The Balaban J connectivity index is 1.95. The standard InChI is InChI=1S/C20H31N7O/c1-13(2)26-19-17(27(14(3)4)25-24-19)18(23-20(26)22-11-15(5)28)21-12-16-9-7-6-8-10-16/h6-10,13-15,17,19,28H,11-12H2,1-5H3,(H,21,22,23). The van der Waals surface area contributed by atoms with Crippen molar-refractivity contribution < 1.29 is 5.11 Å². The minimum atomic E-state index is -0.511. The zero-order chi connectivity index (χ0) is 20.3. The van der Waals surface area contributed by atoms with Crippen molar-refractivity contribution in [1.82, 2.24) is 15.2 Å². The van der Waals surface area contributed by atoms with Crippen LogP contribution in [0.1, 0.15) is 40.2 Å². The van der Waals surface area contributed by atoms with Gasteiger partial charge in [0, 0.05) is 12.1 Å². The second-order valence-corrected chi connectivity index (χ2v) is 7.86. The molecule has 0 amide bonds. The summed E-state index contributed by atoms with van der Waals surface area (Å²) >= 11 is 0. The van der Waals surface area contributed by atoms with Crippen molar-refractivity contribution >= 4 is 11.8 Å². The van der Waals surface area contributed by atoms with Crippen molar-refractivity contribution in [2.45, 2.75) is 71.6 Å². The number of guanidine groups is 1. The minimum absolute atomic E-state index is 0.0865. The van der Waals surface area contributed by atoms with E-state index in [9.17, 15) is 5.11 Å². The Labute approximate surface area is 167 Å². The lowest BCUT2D eigenvalue weighted by Crippen LogP contribution is -2.67. The minimum Gasteiger partial charge on any atom is -0.391 e. The molecule has 1 aromatic carbocycles. The van der Waals surface area contributed by atoms with Gasteiger partial charge in [-0.3, -0.25) is 15.0 Å². The van der Waals surface area contributed by atoms with Gasteiger partial charge in [-0.2, -0.15) is 0 Å². The molecule has 1 aromatic rings. The Bertz CT molecular complexity index is 742. The van der Waals surface area contributed by atoms with Crippen LogP contribution in [0.15, 0.2) is 50.7 Å². The average Bonchev–Trinajstić information content (AvgIpc) is 3.10. The molecule has 28 heavy (non-hydrogen) atoms. The van der Waals surface area contributed by atoms with E-state index in [1.165, 1.54) is 0 Å². The predicted molar refractivity (Wildman–Crippen MR) is 111 cm³/mol. The molecule has 0 aromatic heterocycles. The van der Waals surface area contributed by atoms with Crippen LogP contribution in [0.4, 0.5) is 0 Å². The summed E-state index contributed by atoms with van der Waals surface area (Å²) in [4.78, 5) is 11.6. The van der Waals surface area contributed by atoms with Crippen LogP contribution in [0.25, 0.3) is 0 Å². The molecule has 0 radical (unpaired) electrons. The molecule has 0 spiro atoms. The summed E-state index contributed by atoms with van der Waals surface area (Å²) in [7, 11) is 0. The number of amidine groups is 1. The van der Waals surface area contributed by atoms with E-state index >= 15 is 0 Å². The molecule has 2 N–H and O–H groups in total. The fraction of sp³-hybridized carbons (Fsp3) is 0.600. The molecule has 0 bridgehead atoms. The number of aliphatic imine (C=N–C) groups is 2. The number of rotatable bonds is 6. The third-order valence-electron chi connectivity index (χ3n) is 4.76. The first-order valence-corrected chi connectivity index (χ1v) is 9.93. The molecule has 1 fully saturated rings. The van der Waals surface area contributed by atoms with E-state index in [-0.39, 0.29) is 24.3 Å². The first-order valence-electron chi connectivity index (χ1n) is 9.93. The summed E-state index contributed by atoms with van der Waals surface area (Å²) in [6.07, 6.45) is -0.700. The number of aliphatic hydroxyl groups is 1. The monoisotopic (exact) mass is 385 g/mol. The van der Waals surface area contributed by atoms with Gasteiger partial charge in [0.15, 0.2) is 6.17 Å². The number of fused-ring (bicyclic) bond motifs is 1. The lowest BCUT2D eigenvalue weighted by atomic mass is 10.1. The van der Waals surface area contributed by atoms with Crippen molar-refractivity contribution in [2.75, 3.05) is 6.54 Å². The first-order chi connectivity index (χ1) is 13.4. The number of aliphatic hydroxyl groups excluding tert-OH is 1. The van der Waals surface area contributed by atoms with Crippen molar-refractivity contribution in [3.05, 3.63) is 35.9 Å². The van der Waals surface area contributed by atoms with Crippen molar-refractivity contribution in [1.29, 1.82) is 0 Å². The molecule has 2 heterocycles. The number of benzene rings is 1. The van der Waals surface area contributed by atoms with E-state index in [0.29, 0.717) is 19.0 Å². The molecular formula is C20H31N7O. The molecule has 8 nitrogen and oxygen atoms in total. The smallest absolute Gasteiger partial charge is 0.201 e.